The smallest absolute Gasteiger partial charge is 0.354 e. The van der Waals surface area contributed by atoms with E-state index in [2.05, 4.69) is 99.6 Å². The fourth-order valence-electron chi connectivity index (χ4n) is 12.9. The molecular formula is C85H95Br2FN14O6. The highest BCUT2D eigenvalue weighted by Gasteiger charge is 2.26. The quantitative estimate of drug-likeness (QED) is 0.0533. The first-order valence-electron chi connectivity index (χ1n) is 36.7. The molecule has 108 heavy (non-hydrogen) atoms. The summed E-state index contributed by atoms with van der Waals surface area (Å²) in [5.74, 6) is 1.77. The highest BCUT2D eigenvalue weighted by Crippen LogP contribution is 2.29. The normalized spacial score (nSPS) is 15.8. The summed E-state index contributed by atoms with van der Waals surface area (Å²) in [5.41, 5.74) is 15.2. The van der Waals surface area contributed by atoms with Crippen molar-refractivity contribution in [2.45, 2.75) is 122 Å². The number of carbonyl (C=O) groups excluding carboxylic acids is 2. The van der Waals surface area contributed by atoms with Crippen LogP contribution in [-0.4, -0.2) is 143 Å². The van der Waals surface area contributed by atoms with Crippen molar-refractivity contribution < 1.29 is 34.7 Å². The maximum atomic E-state index is 12.9. The van der Waals surface area contributed by atoms with Crippen LogP contribution in [0.4, 0.5) is 21.5 Å². The van der Waals surface area contributed by atoms with Crippen LogP contribution in [0.3, 0.4) is 0 Å². The Labute approximate surface area is 653 Å². The van der Waals surface area contributed by atoms with Crippen molar-refractivity contribution in [3.63, 3.8) is 0 Å². The first kappa shape index (κ1) is 83.5. The van der Waals surface area contributed by atoms with E-state index in [0.29, 0.717) is 70.7 Å². The Morgan fingerprint density at radius 3 is 1.21 bits per heavy atom. The third kappa shape index (κ3) is 29.2. The number of aromatic nitrogens is 3. The lowest BCUT2D eigenvalue weighted by Crippen LogP contribution is -2.39. The minimum Gasteiger partial charge on any atom is -0.490 e. The van der Waals surface area contributed by atoms with Crippen LogP contribution in [0.1, 0.15) is 151 Å². The van der Waals surface area contributed by atoms with Gasteiger partial charge in [0.1, 0.15) is 40.8 Å². The zero-order valence-corrected chi connectivity index (χ0v) is 63.3. The maximum Gasteiger partial charge on any atom is 0.354 e. The lowest BCUT2D eigenvalue weighted by Gasteiger charge is -2.33. The van der Waals surface area contributed by atoms with Crippen molar-refractivity contribution in [1.82, 2.24) is 35.0 Å². The Bertz CT molecular complexity index is 4270. The molecule has 5 aliphatic rings. The number of aromatic carboxylic acids is 1. The number of hydrogen-bond donors (Lipinski definition) is 3. The summed E-state index contributed by atoms with van der Waals surface area (Å²) < 4.78 is 29.1. The summed E-state index contributed by atoms with van der Waals surface area (Å²) in [7, 11) is -1.00. The predicted molar refractivity (Wildman–Crippen MR) is 426 cm³/mol. The fraction of sp³-hybridized carbons (Fsp3) is 0.376. The number of nitrogens with one attached hydrogen (secondary N) is 1. The molecule has 5 aliphatic heterocycles. The summed E-state index contributed by atoms with van der Waals surface area (Å²) in [6, 6.07) is 55.5. The van der Waals surface area contributed by atoms with Crippen LogP contribution in [0.5, 0.6) is 11.5 Å². The summed E-state index contributed by atoms with van der Waals surface area (Å²) in [6.07, 6.45) is 16.8. The molecule has 5 saturated heterocycles. The standard InChI is InChI=1S/C32H33N5O2.C20H20BrN3O.C13H17N3.C12H14N2O.C6H4BrNO2.CH3F.CH4/c1-34-27-6-9-29(10-7-27)39-30-14-18-37(19-15-30)28-8-11-31(35-22-28)32(38)20-24-12-16-36(17-13-24)23-26-4-2-25(21-33)3-5-26;21-18-5-6-19(23-13-18)20(25)11-15-7-9-24(10-8-15)14-17-3-1-16(12-22)2-4-17;14-9-11-1-3-12(4-2-11)10-16-7-5-13(15)6-8-16;1-13-10-2-4-11(5-3-10)15-12-6-8-14-9-7-12;7-4-1-2-5(6(9)10)8-3-4;1-2;/h2-11,22,24,30H,12-20,23H2;1-6,13,15H,7-11,14H2;1-4,13H,5-8,10,15H2;2-5,12,14H,6-9H2;1-3H,(H,9,10);1H3;1H4/i;;;;;1D;. The number of benzene rings is 5. The lowest BCUT2D eigenvalue weighted by atomic mass is 9.90. The largest absolute Gasteiger partial charge is 0.490 e. The van der Waals surface area contributed by atoms with Crippen LogP contribution in [0.2, 0.25) is 0 Å². The molecule has 23 heteroatoms. The Balaban J connectivity index is 0.000000202. The number of anilines is 1. The number of carbonyl (C=O) groups is 3. The van der Waals surface area contributed by atoms with Crippen LogP contribution in [0.15, 0.2) is 185 Å². The molecular weight excluding hydrogens is 1490 g/mol. The molecule has 562 valence electrons. The van der Waals surface area contributed by atoms with Gasteiger partial charge in [0.15, 0.2) is 22.9 Å². The number of alkyl halides is 1. The van der Waals surface area contributed by atoms with Crippen LogP contribution in [0, 0.1) is 59.0 Å². The third-order valence-corrected chi connectivity index (χ3v) is 20.0. The molecule has 0 unspecified atom stereocenters. The number of ether oxygens (including phenoxy) is 2. The number of likely N-dealkylation sites (tertiary alicyclic amines) is 3. The second-order valence-electron chi connectivity index (χ2n) is 26.7. The predicted octanol–water partition coefficient (Wildman–Crippen LogP) is 16.9. The van der Waals surface area contributed by atoms with Gasteiger partial charge < -0.3 is 30.5 Å². The molecule has 13 rings (SSSR count). The number of pyridine rings is 3. The molecule has 0 radical (unpaired) electrons. The van der Waals surface area contributed by atoms with Gasteiger partial charge in [0.05, 0.1) is 68.5 Å². The molecule has 5 fully saturated rings. The molecule has 0 aliphatic carbocycles. The fourth-order valence-corrected chi connectivity index (χ4v) is 13.3. The average Bonchev–Trinajstić information content (AvgIpc) is 0.925. The number of carboxylic acids is 1. The van der Waals surface area contributed by atoms with Gasteiger partial charge in [-0.1, -0.05) is 68.1 Å². The van der Waals surface area contributed by atoms with E-state index >= 15 is 0 Å². The van der Waals surface area contributed by atoms with E-state index in [-0.39, 0.29) is 30.8 Å². The molecule has 5 aromatic carbocycles. The number of carboxylic acid groups (broad SMARTS) is 1. The first-order chi connectivity index (χ1) is 52.5. The second-order valence-corrected chi connectivity index (χ2v) is 28.6. The molecule has 0 amide bonds. The maximum absolute atomic E-state index is 12.9. The van der Waals surface area contributed by atoms with Gasteiger partial charge in [0, 0.05) is 85.8 Å². The van der Waals surface area contributed by atoms with Gasteiger partial charge in [-0.15, -0.1) is 0 Å². The van der Waals surface area contributed by atoms with Gasteiger partial charge in [0.25, 0.3) is 0 Å². The molecule has 0 spiro atoms. The Kier molecular flexibility index (Phi) is 35.7. The highest BCUT2D eigenvalue weighted by molar-refractivity contribution is 9.10. The van der Waals surface area contributed by atoms with Crippen molar-refractivity contribution in [2.75, 3.05) is 77.5 Å². The number of hydrogen-bond acceptors (Lipinski definition) is 17. The van der Waals surface area contributed by atoms with Crippen molar-refractivity contribution in [2.24, 2.45) is 17.6 Å². The Hall–Kier alpha value is -10.1. The van der Waals surface area contributed by atoms with Gasteiger partial charge in [-0.3, -0.25) is 38.6 Å². The topological polar surface area (TPSA) is 260 Å². The molecule has 0 atom stereocenters. The molecule has 0 saturated carbocycles. The Morgan fingerprint density at radius 1 is 0.528 bits per heavy atom. The minimum absolute atomic E-state index is 0. The number of nitrogens with zero attached hydrogens (tertiary/aromatic N) is 12. The second kappa shape index (κ2) is 46.2. The monoisotopic (exact) mass is 1590 g/mol. The van der Waals surface area contributed by atoms with E-state index < -0.39 is 13.1 Å². The average molecular weight is 1590 g/mol. The summed E-state index contributed by atoms with van der Waals surface area (Å²) in [4.78, 5) is 64.2. The van der Waals surface area contributed by atoms with E-state index in [1.807, 2.05) is 121 Å². The number of Topliss-reactive ketones (excluding diaryl/α,β-unsaturated/α-hetero) is 2. The molecule has 4 N–H and O–H groups in total. The van der Waals surface area contributed by atoms with Crippen molar-refractivity contribution in [1.29, 1.82) is 15.8 Å². The number of halogens is 3. The SMILES string of the molecule is C.N#Cc1ccc(CN2CCC(CC(=O)c3ccc(Br)cn3)CC2)cc1.N#Cc1ccc(CN2CCC(N)CC2)cc1.O=C(O)c1ccc(Br)cn1.[2H]CF.[C-]#[N+]c1ccc(OC2CCN(c3ccc(C(=O)CC4CCN(Cc5ccc(C#N)cc5)CC4)nc3)CC2)cc1.[C-]#[N+]c1ccc(OC2CCNCC2)cc1. The molecule has 3 aromatic heterocycles. The van der Waals surface area contributed by atoms with Gasteiger partial charge in [-0.2, -0.15) is 15.8 Å². The van der Waals surface area contributed by atoms with Crippen molar-refractivity contribution >= 4 is 66.5 Å². The number of piperidine rings is 5. The lowest BCUT2D eigenvalue weighted by molar-refractivity contribution is 0.0689. The molecule has 8 aromatic rings. The molecule has 20 nitrogen and oxygen atoms in total. The number of nitriles is 3. The van der Waals surface area contributed by atoms with Gasteiger partial charge in [-0.25, -0.2) is 19.5 Å². The minimum atomic E-state index is -1.01. The molecule has 8 heterocycles. The van der Waals surface area contributed by atoms with E-state index in [0.717, 1.165) is 181 Å². The number of ketones is 2. The van der Waals surface area contributed by atoms with E-state index in [1.54, 1.807) is 42.6 Å². The van der Waals surface area contributed by atoms with Crippen LogP contribution < -0.4 is 25.4 Å². The van der Waals surface area contributed by atoms with Crippen molar-refractivity contribution in [3.8, 4) is 29.7 Å². The van der Waals surface area contributed by atoms with E-state index in [9.17, 15) is 18.8 Å². The zero-order valence-electron chi connectivity index (χ0n) is 61.1. The molecule has 0 bridgehead atoms. The number of nitrogens with two attached hydrogens (primary N) is 1. The number of rotatable bonds is 18. The third-order valence-electron chi connectivity index (χ3n) is 19.1. The summed E-state index contributed by atoms with van der Waals surface area (Å²) >= 11 is 6.48. The van der Waals surface area contributed by atoms with Gasteiger partial charge >= 0.3 is 5.97 Å². The summed E-state index contributed by atoms with van der Waals surface area (Å²) in [6.45, 7) is 26.6. The highest BCUT2D eigenvalue weighted by atomic mass is 79.9. The van der Waals surface area contributed by atoms with Gasteiger partial charge in [0.2, 0.25) is 0 Å². The van der Waals surface area contributed by atoms with Gasteiger partial charge in [-0.05, 0) is 261 Å². The Morgan fingerprint density at radius 2 is 0.880 bits per heavy atom. The van der Waals surface area contributed by atoms with E-state index in [4.69, 9.17) is 50.6 Å². The van der Waals surface area contributed by atoms with Crippen molar-refractivity contribution in [3.05, 3.63) is 259 Å². The summed E-state index contributed by atoms with van der Waals surface area (Å²) in [5, 5.41) is 38.2. The van der Waals surface area contributed by atoms with Crippen LogP contribution >= 0.6 is 31.9 Å². The van der Waals surface area contributed by atoms with Crippen LogP contribution in [0.25, 0.3) is 9.69 Å². The first-order valence-corrected chi connectivity index (χ1v) is 37.6. The van der Waals surface area contributed by atoms with E-state index in [1.165, 1.54) is 29.0 Å². The zero-order chi connectivity index (χ0) is 76.8. The van der Waals surface area contributed by atoms with Crippen LogP contribution in [-0.2, 0) is 19.6 Å².